The number of benzene rings is 1. The van der Waals surface area contributed by atoms with Crippen LogP contribution in [0.5, 0.6) is 5.75 Å². The molecule has 0 amide bonds. The highest BCUT2D eigenvalue weighted by Crippen LogP contribution is 2.22. The number of rotatable bonds is 8. The van der Waals surface area contributed by atoms with Crippen molar-refractivity contribution in [3.05, 3.63) is 36.1 Å². The first kappa shape index (κ1) is 17.4. The van der Waals surface area contributed by atoms with Gasteiger partial charge >= 0.3 is 0 Å². The Morgan fingerprint density at radius 1 is 1.26 bits per heavy atom. The Kier molecular flexibility index (Phi) is 6.55. The number of hydrogen-bond donors (Lipinski definition) is 1. The second kappa shape index (κ2) is 8.64. The first-order valence-electron chi connectivity index (χ1n) is 7.75. The fraction of sp³-hybridized carbons (Fsp3) is 0.412. The molecule has 0 radical (unpaired) electrons. The molecule has 6 heteroatoms. The summed E-state index contributed by atoms with van der Waals surface area (Å²) in [6, 6.07) is 9.65. The van der Waals surface area contributed by atoms with Crippen LogP contribution in [0.2, 0.25) is 0 Å². The average molecular weight is 333 g/mol. The average Bonchev–Trinajstić information content (AvgIpc) is 3.07. The summed E-state index contributed by atoms with van der Waals surface area (Å²) in [5, 5.41) is 7.32. The molecule has 1 aromatic heterocycles. The van der Waals surface area contributed by atoms with Gasteiger partial charge in [-0.25, -0.2) is 0 Å². The van der Waals surface area contributed by atoms with E-state index in [0.717, 1.165) is 47.4 Å². The van der Waals surface area contributed by atoms with Crippen LogP contribution in [0.3, 0.4) is 0 Å². The number of ether oxygens (including phenoxy) is 1. The van der Waals surface area contributed by atoms with Crippen LogP contribution in [0.1, 0.15) is 19.6 Å². The minimum Gasteiger partial charge on any atom is -0.497 e. The second-order valence-corrected chi connectivity index (χ2v) is 5.64. The van der Waals surface area contributed by atoms with Gasteiger partial charge in [-0.3, -0.25) is 4.90 Å². The van der Waals surface area contributed by atoms with E-state index >= 15 is 0 Å². The number of hydrogen-bond acceptors (Lipinski definition) is 5. The van der Waals surface area contributed by atoms with E-state index < -0.39 is 0 Å². The summed E-state index contributed by atoms with van der Waals surface area (Å²) < 4.78 is 10.5. The molecular formula is C17H23N3O2S. The van der Waals surface area contributed by atoms with Crippen molar-refractivity contribution in [1.82, 2.24) is 15.4 Å². The predicted molar refractivity (Wildman–Crippen MR) is 95.7 cm³/mol. The van der Waals surface area contributed by atoms with Gasteiger partial charge in [0.1, 0.15) is 11.4 Å². The largest absolute Gasteiger partial charge is 0.497 e. The van der Waals surface area contributed by atoms with E-state index in [1.54, 1.807) is 7.11 Å². The third-order valence-electron chi connectivity index (χ3n) is 3.67. The molecule has 0 aliphatic heterocycles. The molecule has 1 N–H and O–H groups in total. The minimum atomic E-state index is 0.545. The van der Waals surface area contributed by atoms with Crippen molar-refractivity contribution in [2.75, 3.05) is 26.7 Å². The molecule has 0 bridgehead atoms. The fourth-order valence-corrected chi connectivity index (χ4v) is 2.44. The number of aromatic nitrogens is 1. The van der Waals surface area contributed by atoms with Gasteiger partial charge in [0.15, 0.2) is 5.76 Å². The second-order valence-electron chi connectivity index (χ2n) is 5.15. The summed E-state index contributed by atoms with van der Waals surface area (Å²) in [6.45, 7) is 7.54. The molecule has 1 aromatic carbocycles. The van der Waals surface area contributed by atoms with E-state index in [9.17, 15) is 0 Å². The van der Waals surface area contributed by atoms with Crippen LogP contribution in [-0.2, 0) is 6.54 Å². The summed E-state index contributed by atoms with van der Waals surface area (Å²) in [7, 11) is 1.65. The van der Waals surface area contributed by atoms with Gasteiger partial charge < -0.3 is 14.6 Å². The number of likely N-dealkylation sites (N-methyl/N-ethyl adjacent to an activating group) is 1. The van der Waals surface area contributed by atoms with E-state index in [-0.39, 0.29) is 0 Å². The van der Waals surface area contributed by atoms with Crippen molar-refractivity contribution in [2.24, 2.45) is 0 Å². The van der Waals surface area contributed by atoms with Gasteiger partial charge in [0.25, 0.3) is 0 Å². The van der Waals surface area contributed by atoms with E-state index in [1.807, 2.05) is 30.3 Å². The van der Waals surface area contributed by atoms with Crippen molar-refractivity contribution in [2.45, 2.75) is 20.4 Å². The molecule has 0 saturated carbocycles. The highest BCUT2D eigenvalue weighted by Gasteiger charge is 2.08. The molecule has 0 aliphatic rings. The van der Waals surface area contributed by atoms with E-state index in [2.05, 4.69) is 29.2 Å². The maximum absolute atomic E-state index is 5.37. The van der Waals surface area contributed by atoms with Crippen molar-refractivity contribution in [3.8, 4) is 17.0 Å². The molecule has 2 aromatic rings. The summed E-state index contributed by atoms with van der Waals surface area (Å²) in [4.78, 5) is 3.08. The van der Waals surface area contributed by atoms with Crippen molar-refractivity contribution < 1.29 is 9.26 Å². The first-order chi connectivity index (χ1) is 11.2. The summed E-state index contributed by atoms with van der Waals surface area (Å²) >= 11 is 5.36. The summed E-state index contributed by atoms with van der Waals surface area (Å²) in [5.74, 6) is 1.58. The molecule has 124 valence electrons. The van der Waals surface area contributed by atoms with Gasteiger partial charge in [-0.2, -0.15) is 0 Å². The van der Waals surface area contributed by atoms with E-state index in [4.69, 9.17) is 21.5 Å². The highest BCUT2D eigenvalue weighted by molar-refractivity contribution is 7.80. The van der Waals surface area contributed by atoms with Crippen LogP contribution in [0.15, 0.2) is 34.9 Å². The van der Waals surface area contributed by atoms with Crippen LogP contribution in [0, 0.1) is 0 Å². The maximum Gasteiger partial charge on any atom is 0.156 e. The molecule has 0 unspecified atom stereocenters. The van der Waals surface area contributed by atoms with Gasteiger partial charge in [-0.05, 0) is 37.4 Å². The molecule has 2 rings (SSSR count). The van der Waals surface area contributed by atoms with Gasteiger partial charge in [-0.15, -0.1) is 0 Å². The van der Waals surface area contributed by atoms with Crippen molar-refractivity contribution >= 4 is 17.2 Å². The Morgan fingerprint density at radius 3 is 2.57 bits per heavy atom. The summed E-state index contributed by atoms with van der Waals surface area (Å²) in [5.41, 5.74) is 1.80. The SMILES string of the molecule is CCN(CC)CC(=S)NCc1cc(-c2ccc(OC)cc2)no1. The highest BCUT2D eigenvalue weighted by atomic mass is 32.1. The number of thiocarbonyl (C=S) groups is 1. The fourth-order valence-electron chi connectivity index (χ4n) is 2.19. The lowest BCUT2D eigenvalue weighted by atomic mass is 10.1. The third kappa shape index (κ3) is 5.04. The summed E-state index contributed by atoms with van der Waals surface area (Å²) in [6.07, 6.45) is 0. The molecular weight excluding hydrogens is 310 g/mol. The lowest BCUT2D eigenvalue weighted by molar-refractivity contribution is 0.344. The molecule has 23 heavy (non-hydrogen) atoms. The zero-order valence-corrected chi connectivity index (χ0v) is 14.7. The monoisotopic (exact) mass is 333 g/mol. The van der Waals surface area contributed by atoms with Crippen LogP contribution in [0.25, 0.3) is 11.3 Å². The molecule has 0 atom stereocenters. The predicted octanol–water partition coefficient (Wildman–Crippen LogP) is 3.11. The Hall–Kier alpha value is -1.92. The quantitative estimate of drug-likeness (QED) is 0.749. The van der Waals surface area contributed by atoms with Gasteiger partial charge in [0, 0.05) is 18.2 Å². The zero-order valence-electron chi connectivity index (χ0n) is 13.8. The first-order valence-corrected chi connectivity index (χ1v) is 8.16. The molecule has 1 heterocycles. The minimum absolute atomic E-state index is 0.545. The number of nitrogens with zero attached hydrogens (tertiary/aromatic N) is 2. The Labute approximate surface area is 142 Å². The van der Waals surface area contributed by atoms with Crippen LogP contribution in [-0.4, -0.2) is 41.8 Å². The molecule has 5 nitrogen and oxygen atoms in total. The lowest BCUT2D eigenvalue weighted by Gasteiger charge is -2.18. The molecule has 0 saturated heterocycles. The smallest absolute Gasteiger partial charge is 0.156 e. The van der Waals surface area contributed by atoms with Gasteiger partial charge in [0.2, 0.25) is 0 Å². The van der Waals surface area contributed by atoms with Crippen molar-refractivity contribution in [1.29, 1.82) is 0 Å². The Morgan fingerprint density at radius 2 is 1.96 bits per heavy atom. The topological polar surface area (TPSA) is 50.5 Å². The van der Waals surface area contributed by atoms with Crippen LogP contribution >= 0.6 is 12.2 Å². The maximum atomic E-state index is 5.37. The molecule has 0 spiro atoms. The van der Waals surface area contributed by atoms with Crippen molar-refractivity contribution in [3.63, 3.8) is 0 Å². The normalized spacial score (nSPS) is 10.8. The Bertz CT molecular complexity index is 621. The number of methoxy groups -OCH3 is 1. The van der Waals surface area contributed by atoms with Gasteiger partial charge in [0.05, 0.1) is 18.6 Å². The van der Waals surface area contributed by atoms with Crippen LogP contribution in [0.4, 0.5) is 0 Å². The molecule has 0 aliphatic carbocycles. The lowest BCUT2D eigenvalue weighted by Crippen LogP contribution is -2.35. The number of nitrogens with one attached hydrogen (secondary N) is 1. The molecule has 0 fully saturated rings. The van der Waals surface area contributed by atoms with E-state index in [0.29, 0.717) is 6.54 Å². The van der Waals surface area contributed by atoms with E-state index in [1.165, 1.54) is 0 Å². The van der Waals surface area contributed by atoms with Crippen LogP contribution < -0.4 is 10.1 Å². The third-order valence-corrected chi connectivity index (χ3v) is 3.94. The standard InChI is InChI=1S/C17H23N3O2S/c1-4-20(5-2)12-17(23)18-11-15-10-16(19-22-15)13-6-8-14(21-3)9-7-13/h6-10H,4-5,11-12H2,1-3H3,(H,18,23). The Balaban J connectivity index is 1.90. The van der Waals surface area contributed by atoms with Gasteiger partial charge in [-0.1, -0.05) is 31.2 Å². The zero-order chi connectivity index (χ0) is 16.7.